The van der Waals surface area contributed by atoms with Crippen molar-refractivity contribution in [3.63, 3.8) is 0 Å². The lowest BCUT2D eigenvalue weighted by atomic mass is 10.2. The van der Waals surface area contributed by atoms with E-state index in [0.29, 0.717) is 19.7 Å². The number of guanidine groups is 1. The zero-order valence-corrected chi connectivity index (χ0v) is 17.6. The van der Waals surface area contributed by atoms with Crippen molar-refractivity contribution in [1.29, 1.82) is 0 Å². The first-order chi connectivity index (χ1) is 14.0. The van der Waals surface area contributed by atoms with Crippen LogP contribution in [0.25, 0.3) is 0 Å². The van der Waals surface area contributed by atoms with E-state index in [1.165, 1.54) is 0 Å². The Morgan fingerprint density at radius 1 is 1.24 bits per heavy atom. The molecule has 1 heterocycles. The Morgan fingerprint density at radius 3 is 2.76 bits per heavy atom. The number of carbonyl (C=O) groups excluding carboxylic acids is 1. The Hall–Kier alpha value is -2.57. The van der Waals surface area contributed by atoms with Gasteiger partial charge in [0, 0.05) is 44.5 Å². The second kappa shape index (κ2) is 10.3. The van der Waals surface area contributed by atoms with Gasteiger partial charge >= 0.3 is 0 Å². The molecule has 2 N–H and O–H groups in total. The van der Waals surface area contributed by atoms with Crippen LogP contribution in [-0.2, 0) is 22.6 Å². The summed E-state index contributed by atoms with van der Waals surface area (Å²) in [5.74, 6) is 0.698. The summed E-state index contributed by atoms with van der Waals surface area (Å²) in [6, 6.07) is 15.6. The van der Waals surface area contributed by atoms with Crippen molar-refractivity contribution in [2.45, 2.75) is 32.0 Å². The van der Waals surface area contributed by atoms with Gasteiger partial charge < -0.3 is 20.3 Å². The molecule has 6 nitrogen and oxygen atoms in total. The molecule has 1 saturated heterocycles. The molecule has 1 atom stereocenters. The number of nitrogens with one attached hydrogen (secondary N) is 2. The standard InChI is InChI=1S/C22H27ClN4O2/c1-24-22(27(2)15-17-7-3-8-18(23)12-17)25-14-16-6-4-9-19(13-16)26-21(28)20-10-5-11-29-20/h3-4,6-9,12-13,20H,5,10-11,14-15H2,1-2H3,(H,24,25)(H,26,28). The minimum absolute atomic E-state index is 0.0790. The fourth-order valence-corrected chi connectivity index (χ4v) is 3.53. The van der Waals surface area contributed by atoms with Crippen LogP contribution in [0.1, 0.15) is 24.0 Å². The van der Waals surface area contributed by atoms with Crippen LogP contribution in [0, 0.1) is 0 Å². The molecular weight excluding hydrogens is 388 g/mol. The molecule has 1 aliphatic rings. The van der Waals surface area contributed by atoms with E-state index in [-0.39, 0.29) is 12.0 Å². The van der Waals surface area contributed by atoms with Crippen molar-refractivity contribution in [1.82, 2.24) is 10.2 Å². The van der Waals surface area contributed by atoms with Crippen LogP contribution in [-0.4, -0.2) is 43.6 Å². The molecule has 1 amide bonds. The van der Waals surface area contributed by atoms with Gasteiger partial charge in [0.2, 0.25) is 0 Å². The van der Waals surface area contributed by atoms with Crippen LogP contribution in [0.2, 0.25) is 5.02 Å². The maximum Gasteiger partial charge on any atom is 0.253 e. The largest absolute Gasteiger partial charge is 0.368 e. The van der Waals surface area contributed by atoms with Gasteiger partial charge in [0.15, 0.2) is 5.96 Å². The number of carbonyl (C=O) groups is 1. The number of nitrogens with zero attached hydrogens (tertiary/aromatic N) is 2. The van der Waals surface area contributed by atoms with Crippen LogP contribution in [0.4, 0.5) is 5.69 Å². The quantitative estimate of drug-likeness (QED) is 0.559. The van der Waals surface area contributed by atoms with Gasteiger partial charge in [0.05, 0.1) is 0 Å². The Labute approximate surface area is 176 Å². The van der Waals surface area contributed by atoms with Gasteiger partial charge in [0.1, 0.15) is 6.10 Å². The molecule has 3 rings (SSSR count). The van der Waals surface area contributed by atoms with Crippen LogP contribution < -0.4 is 10.6 Å². The fourth-order valence-electron chi connectivity index (χ4n) is 3.32. The third kappa shape index (κ3) is 6.21. The Balaban J connectivity index is 1.55. The SMILES string of the molecule is CN=C(NCc1cccc(NC(=O)C2CCCO2)c1)N(C)Cc1cccc(Cl)c1. The predicted octanol–water partition coefficient (Wildman–Crippen LogP) is 3.66. The number of halogens is 1. The van der Waals surface area contributed by atoms with E-state index in [4.69, 9.17) is 16.3 Å². The zero-order chi connectivity index (χ0) is 20.6. The lowest BCUT2D eigenvalue weighted by molar-refractivity contribution is -0.124. The van der Waals surface area contributed by atoms with E-state index in [1.807, 2.05) is 60.5 Å². The molecule has 0 aromatic heterocycles. The van der Waals surface area contributed by atoms with Crippen molar-refractivity contribution in [2.75, 3.05) is 26.0 Å². The van der Waals surface area contributed by atoms with E-state index in [0.717, 1.165) is 40.6 Å². The summed E-state index contributed by atoms with van der Waals surface area (Å²) in [7, 11) is 3.74. The number of hydrogen-bond donors (Lipinski definition) is 2. The minimum Gasteiger partial charge on any atom is -0.368 e. The first-order valence-corrected chi connectivity index (χ1v) is 10.1. The lowest BCUT2D eigenvalue weighted by Crippen LogP contribution is -2.38. The normalized spacial score (nSPS) is 16.5. The number of anilines is 1. The molecule has 2 aromatic carbocycles. The summed E-state index contributed by atoms with van der Waals surface area (Å²) in [4.78, 5) is 18.6. The van der Waals surface area contributed by atoms with E-state index >= 15 is 0 Å². The lowest BCUT2D eigenvalue weighted by Gasteiger charge is -2.22. The van der Waals surface area contributed by atoms with E-state index in [1.54, 1.807) is 7.05 Å². The monoisotopic (exact) mass is 414 g/mol. The minimum atomic E-state index is -0.337. The average Bonchev–Trinajstić information content (AvgIpc) is 3.24. The van der Waals surface area contributed by atoms with Gasteiger partial charge in [-0.3, -0.25) is 9.79 Å². The van der Waals surface area contributed by atoms with Crippen molar-refractivity contribution in [3.8, 4) is 0 Å². The summed E-state index contributed by atoms with van der Waals surface area (Å²) in [5, 5.41) is 7.03. The zero-order valence-electron chi connectivity index (χ0n) is 16.8. The predicted molar refractivity (Wildman–Crippen MR) is 117 cm³/mol. The van der Waals surface area contributed by atoms with Gasteiger partial charge in [-0.05, 0) is 48.2 Å². The van der Waals surface area contributed by atoms with Crippen LogP contribution in [0.15, 0.2) is 53.5 Å². The highest BCUT2D eigenvalue weighted by Crippen LogP contribution is 2.16. The highest BCUT2D eigenvalue weighted by atomic mass is 35.5. The average molecular weight is 415 g/mol. The molecule has 0 aliphatic carbocycles. The van der Waals surface area contributed by atoms with Crippen molar-refractivity contribution < 1.29 is 9.53 Å². The molecule has 7 heteroatoms. The summed E-state index contributed by atoms with van der Waals surface area (Å²) < 4.78 is 5.44. The molecule has 0 bridgehead atoms. The van der Waals surface area contributed by atoms with Crippen molar-refractivity contribution in [2.24, 2.45) is 4.99 Å². The van der Waals surface area contributed by atoms with Crippen molar-refractivity contribution in [3.05, 3.63) is 64.7 Å². The highest BCUT2D eigenvalue weighted by molar-refractivity contribution is 6.30. The summed E-state index contributed by atoms with van der Waals surface area (Å²) in [6.07, 6.45) is 1.38. The van der Waals surface area contributed by atoms with Crippen LogP contribution in [0.3, 0.4) is 0 Å². The second-order valence-corrected chi connectivity index (χ2v) is 7.51. The maximum absolute atomic E-state index is 12.2. The van der Waals surface area contributed by atoms with Crippen LogP contribution in [0.5, 0.6) is 0 Å². The smallest absolute Gasteiger partial charge is 0.253 e. The number of aliphatic imine (C=N–C) groups is 1. The topological polar surface area (TPSA) is 66.0 Å². The molecule has 1 aliphatic heterocycles. The first-order valence-electron chi connectivity index (χ1n) is 9.73. The summed E-state index contributed by atoms with van der Waals surface area (Å²) >= 11 is 6.07. The Bertz CT molecular complexity index is 865. The van der Waals surface area contributed by atoms with E-state index < -0.39 is 0 Å². The summed E-state index contributed by atoms with van der Waals surface area (Å²) in [6.45, 7) is 1.94. The van der Waals surface area contributed by atoms with E-state index in [9.17, 15) is 4.79 Å². The molecule has 0 radical (unpaired) electrons. The molecule has 0 spiro atoms. The Kier molecular flexibility index (Phi) is 7.49. The fraction of sp³-hybridized carbons (Fsp3) is 0.364. The number of benzene rings is 2. The van der Waals surface area contributed by atoms with Gasteiger partial charge in [-0.1, -0.05) is 35.9 Å². The third-order valence-electron chi connectivity index (χ3n) is 4.75. The molecular formula is C22H27ClN4O2. The maximum atomic E-state index is 12.2. The molecule has 154 valence electrons. The van der Waals surface area contributed by atoms with Gasteiger partial charge in [-0.15, -0.1) is 0 Å². The first kappa shape index (κ1) is 21.1. The highest BCUT2D eigenvalue weighted by Gasteiger charge is 2.23. The Morgan fingerprint density at radius 2 is 2.03 bits per heavy atom. The molecule has 29 heavy (non-hydrogen) atoms. The van der Waals surface area contributed by atoms with Gasteiger partial charge in [-0.25, -0.2) is 0 Å². The molecule has 0 saturated carbocycles. The number of rotatable bonds is 6. The van der Waals surface area contributed by atoms with Crippen molar-refractivity contribution >= 4 is 29.2 Å². The van der Waals surface area contributed by atoms with E-state index in [2.05, 4.69) is 15.6 Å². The molecule has 2 aromatic rings. The molecule has 1 unspecified atom stereocenters. The summed E-state index contributed by atoms with van der Waals surface area (Å²) in [5.41, 5.74) is 2.93. The van der Waals surface area contributed by atoms with Crippen LogP contribution >= 0.6 is 11.6 Å². The number of amides is 1. The third-order valence-corrected chi connectivity index (χ3v) is 4.98. The number of hydrogen-bond acceptors (Lipinski definition) is 3. The van der Waals surface area contributed by atoms with Gasteiger partial charge in [-0.2, -0.15) is 0 Å². The van der Waals surface area contributed by atoms with Gasteiger partial charge in [0.25, 0.3) is 5.91 Å². The second-order valence-electron chi connectivity index (χ2n) is 7.08. The molecule has 1 fully saturated rings. The number of ether oxygens (including phenoxy) is 1.